The molecule has 0 bridgehead atoms. The third-order valence-electron chi connectivity index (χ3n) is 5.55. The number of allylic oxidation sites excluding steroid dienone is 5. The van der Waals surface area contributed by atoms with Crippen LogP contribution in [0.3, 0.4) is 0 Å². The molecule has 2 aromatic carbocycles. The highest BCUT2D eigenvalue weighted by atomic mass is 16.2. The van der Waals surface area contributed by atoms with Crippen LogP contribution in [0.1, 0.15) is 41.3 Å². The Hall–Kier alpha value is -4.46. The van der Waals surface area contributed by atoms with Crippen molar-refractivity contribution >= 4 is 23.5 Å². The van der Waals surface area contributed by atoms with Gasteiger partial charge in [-0.1, -0.05) is 60.2 Å². The van der Waals surface area contributed by atoms with E-state index in [2.05, 4.69) is 20.8 Å². The molecule has 1 aliphatic carbocycles. The lowest BCUT2D eigenvalue weighted by Gasteiger charge is -2.19. The maximum absolute atomic E-state index is 13.4. The molecule has 0 aliphatic heterocycles. The summed E-state index contributed by atoms with van der Waals surface area (Å²) in [4.78, 5) is 26.3. The number of carbonyl (C=O) groups excluding carboxylic acids is 2. The monoisotopic (exact) mass is 484 g/mol. The molecular weight excluding hydrogens is 452 g/mol. The summed E-state index contributed by atoms with van der Waals surface area (Å²) in [7, 11) is 0. The Bertz CT molecular complexity index is 1240. The van der Waals surface area contributed by atoms with Gasteiger partial charge in [0.1, 0.15) is 6.04 Å². The smallest absolute Gasteiger partial charge is 0.251 e. The summed E-state index contributed by atoms with van der Waals surface area (Å²) in [5, 5.41) is 13.6. The van der Waals surface area contributed by atoms with E-state index < -0.39 is 6.04 Å². The summed E-state index contributed by atoms with van der Waals surface area (Å²) in [6.45, 7) is 3.70. The molecule has 0 saturated heterocycles. The van der Waals surface area contributed by atoms with Crippen LogP contribution in [0, 0.1) is 6.92 Å². The van der Waals surface area contributed by atoms with E-state index >= 15 is 0 Å². The van der Waals surface area contributed by atoms with Crippen molar-refractivity contribution in [1.82, 2.24) is 10.6 Å². The summed E-state index contributed by atoms with van der Waals surface area (Å²) >= 11 is 0. The Kier molecular flexibility index (Phi) is 9.33. The van der Waals surface area contributed by atoms with Gasteiger partial charge in [0.05, 0.1) is 5.71 Å². The minimum Gasteiger partial charge on any atom is -0.369 e. The minimum absolute atomic E-state index is 0.134. The van der Waals surface area contributed by atoms with Gasteiger partial charge >= 0.3 is 0 Å². The van der Waals surface area contributed by atoms with Crippen LogP contribution >= 0.6 is 0 Å². The number of guanidine groups is 1. The van der Waals surface area contributed by atoms with Crippen molar-refractivity contribution in [2.75, 3.05) is 0 Å². The molecule has 0 aromatic heterocycles. The number of hydrogen-bond donors (Lipinski definition) is 4. The van der Waals surface area contributed by atoms with E-state index in [4.69, 9.17) is 11.5 Å². The van der Waals surface area contributed by atoms with E-state index in [0.717, 1.165) is 16.7 Å². The third kappa shape index (κ3) is 8.09. The summed E-state index contributed by atoms with van der Waals surface area (Å²) in [6.07, 6.45) is 9.25. The summed E-state index contributed by atoms with van der Waals surface area (Å²) in [5.41, 5.74) is 15.3. The first kappa shape index (κ1) is 26.2. The number of nitrogens with two attached hydrogens (primary N) is 2. The number of rotatable bonds is 9. The SMILES string of the molecule is C/C(=N\N=C(N)N)C1=CCC=CC(NC(=O)[C@H](CCc2ccccc2)NC(=O)c2cccc(C)c2)=C1. The number of nitrogens with one attached hydrogen (secondary N) is 2. The van der Waals surface area contributed by atoms with Crippen molar-refractivity contribution in [3.05, 3.63) is 107 Å². The van der Waals surface area contributed by atoms with Crippen LogP contribution in [0.25, 0.3) is 0 Å². The fourth-order valence-electron chi connectivity index (χ4n) is 3.67. The van der Waals surface area contributed by atoms with Crippen LogP contribution in [-0.2, 0) is 11.2 Å². The second kappa shape index (κ2) is 12.9. The van der Waals surface area contributed by atoms with Crippen LogP contribution < -0.4 is 22.1 Å². The zero-order valence-corrected chi connectivity index (χ0v) is 20.6. The van der Waals surface area contributed by atoms with Gasteiger partial charge in [0.25, 0.3) is 5.91 Å². The zero-order chi connectivity index (χ0) is 25.9. The second-order valence-corrected chi connectivity index (χ2v) is 8.52. The van der Waals surface area contributed by atoms with Gasteiger partial charge in [-0.2, -0.15) is 5.10 Å². The fraction of sp³-hybridized carbons (Fsp3) is 0.214. The van der Waals surface area contributed by atoms with E-state index in [0.29, 0.717) is 36.2 Å². The maximum Gasteiger partial charge on any atom is 0.251 e. The molecular formula is C28H32N6O2. The molecule has 36 heavy (non-hydrogen) atoms. The molecule has 0 saturated carbocycles. The van der Waals surface area contributed by atoms with E-state index in [1.807, 2.05) is 67.6 Å². The van der Waals surface area contributed by atoms with Crippen LogP contribution in [0.5, 0.6) is 0 Å². The molecule has 2 amide bonds. The van der Waals surface area contributed by atoms with Gasteiger partial charge in [-0.3, -0.25) is 9.59 Å². The molecule has 0 spiro atoms. The highest BCUT2D eigenvalue weighted by Crippen LogP contribution is 2.13. The molecule has 0 unspecified atom stereocenters. The van der Waals surface area contributed by atoms with Crippen LogP contribution in [0.2, 0.25) is 0 Å². The highest BCUT2D eigenvalue weighted by Gasteiger charge is 2.22. The van der Waals surface area contributed by atoms with Crippen LogP contribution in [0.15, 0.2) is 100 Å². The van der Waals surface area contributed by atoms with E-state index in [9.17, 15) is 9.59 Å². The Balaban J connectivity index is 1.79. The average Bonchev–Trinajstić information content (AvgIpc) is 3.11. The average molecular weight is 485 g/mol. The summed E-state index contributed by atoms with van der Waals surface area (Å²) < 4.78 is 0. The largest absolute Gasteiger partial charge is 0.369 e. The number of benzene rings is 2. The Morgan fingerprint density at radius 3 is 2.56 bits per heavy atom. The first-order valence-corrected chi connectivity index (χ1v) is 11.8. The number of hydrogen-bond acceptors (Lipinski definition) is 4. The van der Waals surface area contributed by atoms with Gasteiger partial charge < -0.3 is 22.1 Å². The lowest BCUT2D eigenvalue weighted by Crippen LogP contribution is -2.46. The van der Waals surface area contributed by atoms with Gasteiger partial charge in [-0.15, -0.1) is 5.10 Å². The first-order valence-electron chi connectivity index (χ1n) is 11.8. The highest BCUT2D eigenvalue weighted by molar-refractivity contribution is 6.02. The molecule has 3 rings (SSSR count). The zero-order valence-electron chi connectivity index (χ0n) is 20.6. The van der Waals surface area contributed by atoms with E-state index in [1.165, 1.54) is 0 Å². The topological polar surface area (TPSA) is 135 Å². The van der Waals surface area contributed by atoms with Crippen LogP contribution in [0.4, 0.5) is 0 Å². The number of amides is 2. The standard InChI is InChI=1S/C28H32N6O2/c1-19-9-8-13-23(17-19)26(35)32-25(16-15-21-10-4-3-5-11-21)27(36)31-24-14-7-6-12-22(18-24)20(2)33-34-28(29)30/h3-5,7-14,17-18,25H,6,15-16H2,1-2H3,(H,31,36)(H,32,35)(H4,29,30,34)/b33-20+/t25-/m0/s1. The molecule has 186 valence electrons. The molecule has 1 aliphatic rings. The van der Waals surface area contributed by atoms with Crippen molar-refractivity contribution in [3.8, 4) is 0 Å². The third-order valence-corrected chi connectivity index (χ3v) is 5.55. The molecule has 0 fully saturated rings. The minimum atomic E-state index is -0.736. The van der Waals surface area contributed by atoms with Gasteiger partial charge in [0.15, 0.2) is 0 Å². The van der Waals surface area contributed by atoms with Gasteiger partial charge in [0.2, 0.25) is 11.9 Å². The maximum atomic E-state index is 13.4. The predicted octanol–water partition coefficient (Wildman–Crippen LogP) is 3.26. The van der Waals surface area contributed by atoms with Gasteiger partial charge in [-0.25, -0.2) is 0 Å². The van der Waals surface area contributed by atoms with Gasteiger partial charge in [0, 0.05) is 11.3 Å². The Labute approximate surface area is 211 Å². The van der Waals surface area contributed by atoms with E-state index in [-0.39, 0.29) is 17.8 Å². The number of carbonyl (C=O) groups is 2. The van der Waals surface area contributed by atoms with Crippen molar-refractivity contribution in [3.63, 3.8) is 0 Å². The normalized spacial score (nSPS) is 14.1. The lowest BCUT2D eigenvalue weighted by molar-refractivity contribution is -0.122. The molecule has 0 radical (unpaired) electrons. The molecule has 8 heteroatoms. The summed E-state index contributed by atoms with van der Waals surface area (Å²) in [6, 6.07) is 16.4. The van der Waals surface area contributed by atoms with Crippen molar-refractivity contribution in [2.45, 2.75) is 39.2 Å². The van der Waals surface area contributed by atoms with E-state index in [1.54, 1.807) is 25.1 Å². The fourth-order valence-corrected chi connectivity index (χ4v) is 3.67. The van der Waals surface area contributed by atoms with Crippen molar-refractivity contribution < 1.29 is 9.59 Å². The molecule has 1 atom stereocenters. The van der Waals surface area contributed by atoms with Crippen molar-refractivity contribution in [1.29, 1.82) is 0 Å². The number of aryl methyl sites for hydroxylation is 2. The first-order chi connectivity index (χ1) is 17.3. The quantitative estimate of drug-likeness (QED) is 0.247. The number of nitrogens with zero attached hydrogens (tertiary/aromatic N) is 2. The molecule has 2 aromatic rings. The van der Waals surface area contributed by atoms with Gasteiger partial charge in [-0.05, 0) is 68.5 Å². The molecule has 8 nitrogen and oxygen atoms in total. The summed E-state index contributed by atoms with van der Waals surface area (Å²) in [5.74, 6) is -0.731. The molecule has 0 heterocycles. The predicted molar refractivity (Wildman–Crippen MR) is 144 cm³/mol. The molecule has 6 N–H and O–H groups in total. The van der Waals surface area contributed by atoms with Crippen LogP contribution in [-0.4, -0.2) is 29.5 Å². The Morgan fingerprint density at radius 2 is 1.83 bits per heavy atom. The Morgan fingerprint density at radius 1 is 1.06 bits per heavy atom. The second-order valence-electron chi connectivity index (χ2n) is 8.52. The van der Waals surface area contributed by atoms with Crippen molar-refractivity contribution in [2.24, 2.45) is 21.7 Å². The lowest BCUT2D eigenvalue weighted by atomic mass is 10.0.